The van der Waals surface area contributed by atoms with Crippen LogP contribution in [0.1, 0.15) is 42.9 Å². The first-order chi connectivity index (χ1) is 16.2. The van der Waals surface area contributed by atoms with Crippen molar-refractivity contribution < 1.29 is 14.9 Å². The van der Waals surface area contributed by atoms with Crippen molar-refractivity contribution in [3.8, 4) is 17.5 Å². The van der Waals surface area contributed by atoms with Crippen LogP contribution in [0.25, 0.3) is 0 Å². The van der Waals surface area contributed by atoms with Crippen LogP contribution in [0, 0.1) is 0 Å². The number of nitrogens with zero attached hydrogens (tertiary/aromatic N) is 2. The summed E-state index contributed by atoms with van der Waals surface area (Å²) in [5.74, 6) is 1.16. The molecular weight excluding hydrogens is 414 g/mol. The van der Waals surface area contributed by atoms with Gasteiger partial charge in [0.1, 0.15) is 5.75 Å². The Morgan fingerprint density at radius 1 is 0.909 bits per heavy atom. The van der Waals surface area contributed by atoms with Gasteiger partial charge in [-0.25, -0.2) is 0 Å². The topological polar surface area (TPSA) is 69.9 Å². The highest BCUT2D eigenvalue weighted by atomic mass is 16.5. The molecule has 3 N–H and O–H groups in total. The summed E-state index contributed by atoms with van der Waals surface area (Å²) >= 11 is 0. The minimum Gasteiger partial charge on any atom is -0.496 e. The average molecular weight is 450 g/mol. The van der Waals surface area contributed by atoms with Gasteiger partial charge in [-0.1, -0.05) is 48.5 Å². The predicted molar refractivity (Wildman–Crippen MR) is 131 cm³/mol. The van der Waals surface area contributed by atoms with Gasteiger partial charge in [0.25, 0.3) is 0 Å². The van der Waals surface area contributed by atoms with E-state index in [0.717, 1.165) is 51.1 Å². The van der Waals surface area contributed by atoms with E-state index in [0.29, 0.717) is 18.6 Å². The zero-order valence-electron chi connectivity index (χ0n) is 19.4. The minimum absolute atomic E-state index is 0.119. The zero-order chi connectivity index (χ0) is 23.0. The first-order valence-corrected chi connectivity index (χ1v) is 11.9. The van der Waals surface area contributed by atoms with Crippen LogP contribution in [0.15, 0.2) is 66.7 Å². The number of rotatable bonds is 10. The molecule has 2 unspecified atom stereocenters. The normalized spacial score (nSPS) is 18.9. The highest BCUT2D eigenvalue weighted by Crippen LogP contribution is 2.32. The monoisotopic (exact) mass is 449 g/mol. The molecule has 3 aromatic rings. The van der Waals surface area contributed by atoms with Crippen LogP contribution in [0.3, 0.4) is 0 Å². The summed E-state index contributed by atoms with van der Waals surface area (Å²) in [6.07, 6.45) is 4.19. The second-order valence-corrected chi connectivity index (χ2v) is 8.74. The van der Waals surface area contributed by atoms with Gasteiger partial charge in [0.15, 0.2) is 11.8 Å². The molecule has 1 aliphatic rings. The van der Waals surface area contributed by atoms with Crippen molar-refractivity contribution >= 4 is 0 Å². The maximum atomic E-state index is 9.87. The van der Waals surface area contributed by atoms with Crippen LogP contribution in [0.4, 0.5) is 0 Å². The third-order valence-corrected chi connectivity index (χ3v) is 6.63. The Bertz CT molecular complexity index is 985. The number of benzene rings is 2. The zero-order valence-corrected chi connectivity index (χ0v) is 19.4. The van der Waals surface area contributed by atoms with Crippen molar-refractivity contribution in [2.24, 2.45) is 0 Å². The van der Waals surface area contributed by atoms with Gasteiger partial charge in [0, 0.05) is 36.8 Å². The summed E-state index contributed by atoms with van der Waals surface area (Å²) in [6.45, 7) is 3.45. The van der Waals surface area contributed by atoms with E-state index >= 15 is 0 Å². The summed E-state index contributed by atoms with van der Waals surface area (Å²) in [6, 6.07) is 22.7. The highest BCUT2D eigenvalue weighted by Gasteiger charge is 2.32. The fraction of sp³-hybridized carbons (Fsp3) is 0.407. The standard InChI is InChI=1S/C27H35N3O3/c1-33-24-14-6-5-12-22(24)20-28-23-13-9-18-29(27(23)21-10-3-2-4-11-21)17-7-8-19-30-25(31)15-16-26(30)32/h2-6,10-12,14-16,23,27-28,31-32H,7-9,13,17-20H2,1H3. The van der Waals surface area contributed by atoms with Crippen molar-refractivity contribution in [3.63, 3.8) is 0 Å². The molecule has 2 heterocycles. The third-order valence-electron chi connectivity index (χ3n) is 6.63. The Hall–Kier alpha value is -2.96. The van der Waals surface area contributed by atoms with Crippen molar-refractivity contribution in [3.05, 3.63) is 77.9 Å². The molecule has 176 valence electrons. The van der Waals surface area contributed by atoms with Gasteiger partial charge in [0.05, 0.1) is 13.2 Å². The lowest BCUT2D eigenvalue weighted by Crippen LogP contribution is -2.48. The molecule has 0 amide bonds. The van der Waals surface area contributed by atoms with Crippen molar-refractivity contribution in [2.45, 2.75) is 50.9 Å². The van der Waals surface area contributed by atoms with Crippen LogP contribution in [0.2, 0.25) is 0 Å². The van der Waals surface area contributed by atoms with Crippen LogP contribution in [-0.4, -0.2) is 45.9 Å². The summed E-state index contributed by atoms with van der Waals surface area (Å²) < 4.78 is 7.10. The number of likely N-dealkylation sites (tertiary alicyclic amines) is 1. The van der Waals surface area contributed by atoms with Gasteiger partial charge >= 0.3 is 0 Å². The molecule has 0 saturated carbocycles. The molecule has 0 spiro atoms. The molecular formula is C27H35N3O3. The number of aromatic hydroxyl groups is 2. The first-order valence-electron chi connectivity index (χ1n) is 11.9. The van der Waals surface area contributed by atoms with E-state index in [1.165, 1.54) is 23.3 Å². The van der Waals surface area contributed by atoms with Crippen LogP contribution < -0.4 is 10.1 Å². The second-order valence-electron chi connectivity index (χ2n) is 8.74. The molecule has 1 fully saturated rings. The lowest BCUT2D eigenvalue weighted by Gasteiger charge is -2.42. The third kappa shape index (κ3) is 5.70. The Labute approximate surface area is 196 Å². The Morgan fingerprint density at radius 3 is 2.36 bits per heavy atom. The first kappa shape index (κ1) is 23.2. The predicted octanol–water partition coefficient (Wildman–Crippen LogP) is 4.68. The van der Waals surface area contributed by atoms with Gasteiger partial charge in [-0.3, -0.25) is 9.47 Å². The minimum atomic E-state index is 0.119. The number of methoxy groups -OCH3 is 1. The quantitative estimate of drug-likeness (QED) is 0.392. The molecule has 0 bridgehead atoms. The average Bonchev–Trinajstić information content (AvgIpc) is 3.18. The van der Waals surface area contributed by atoms with E-state index in [1.54, 1.807) is 11.7 Å². The maximum absolute atomic E-state index is 9.87. The maximum Gasteiger partial charge on any atom is 0.193 e. The number of piperidine rings is 1. The Kier molecular flexibility index (Phi) is 7.92. The largest absolute Gasteiger partial charge is 0.496 e. The van der Waals surface area contributed by atoms with Gasteiger partial charge in [-0.05, 0) is 50.4 Å². The second kappa shape index (κ2) is 11.3. The molecule has 1 saturated heterocycles. The van der Waals surface area contributed by atoms with E-state index in [1.807, 2.05) is 12.1 Å². The van der Waals surface area contributed by atoms with E-state index in [9.17, 15) is 10.2 Å². The molecule has 2 aromatic carbocycles. The van der Waals surface area contributed by atoms with E-state index in [4.69, 9.17) is 4.74 Å². The van der Waals surface area contributed by atoms with Gasteiger partial charge in [0.2, 0.25) is 0 Å². The van der Waals surface area contributed by atoms with Crippen LogP contribution >= 0.6 is 0 Å². The fourth-order valence-corrected chi connectivity index (χ4v) is 4.97. The van der Waals surface area contributed by atoms with E-state index in [-0.39, 0.29) is 11.8 Å². The molecule has 0 radical (unpaired) electrons. The highest BCUT2D eigenvalue weighted by molar-refractivity contribution is 5.33. The van der Waals surface area contributed by atoms with E-state index < -0.39 is 0 Å². The summed E-state index contributed by atoms with van der Waals surface area (Å²) in [5, 5.41) is 23.6. The lowest BCUT2D eigenvalue weighted by atomic mass is 9.89. The molecule has 6 nitrogen and oxygen atoms in total. The molecule has 4 rings (SSSR count). The number of nitrogens with one attached hydrogen (secondary N) is 1. The van der Waals surface area contributed by atoms with Crippen molar-refractivity contribution in [1.82, 2.24) is 14.8 Å². The summed E-state index contributed by atoms with van der Waals surface area (Å²) in [7, 11) is 1.72. The number of aromatic nitrogens is 1. The number of unbranched alkanes of at least 4 members (excludes halogenated alkanes) is 1. The van der Waals surface area contributed by atoms with Crippen LogP contribution in [0.5, 0.6) is 17.5 Å². The van der Waals surface area contributed by atoms with Crippen LogP contribution in [-0.2, 0) is 13.1 Å². The smallest absolute Gasteiger partial charge is 0.193 e. The molecule has 0 aliphatic carbocycles. The van der Waals surface area contributed by atoms with Gasteiger partial charge in [-0.2, -0.15) is 0 Å². The Morgan fingerprint density at radius 2 is 1.61 bits per heavy atom. The van der Waals surface area contributed by atoms with Crippen molar-refractivity contribution in [1.29, 1.82) is 0 Å². The number of hydrogen-bond acceptors (Lipinski definition) is 5. The van der Waals surface area contributed by atoms with Gasteiger partial charge in [-0.15, -0.1) is 0 Å². The summed E-state index contributed by atoms with van der Waals surface area (Å²) in [4.78, 5) is 2.59. The number of para-hydroxylation sites is 1. The number of ether oxygens (including phenoxy) is 1. The fourth-order valence-electron chi connectivity index (χ4n) is 4.97. The van der Waals surface area contributed by atoms with E-state index in [2.05, 4.69) is 52.7 Å². The molecule has 6 heteroatoms. The number of hydrogen-bond donors (Lipinski definition) is 3. The van der Waals surface area contributed by atoms with Crippen molar-refractivity contribution in [2.75, 3.05) is 20.2 Å². The summed E-state index contributed by atoms with van der Waals surface area (Å²) in [5.41, 5.74) is 2.52. The SMILES string of the molecule is COc1ccccc1CNC1CCCN(CCCCn2c(O)ccc2O)C1c1ccccc1. The lowest BCUT2D eigenvalue weighted by molar-refractivity contribution is 0.108. The van der Waals surface area contributed by atoms with Gasteiger partial charge < -0.3 is 20.3 Å². The Balaban J connectivity index is 1.42. The molecule has 1 aliphatic heterocycles. The molecule has 2 atom stereocenters. The molecule has 1 aromatic heterocycles. The molecule has 33 heavy (non-hydrogen) atoms.